The van der Waals surface area contributed by atoms with Crippen molar-refractivity contribution < 1.29 is 9.53 Å². The van der Waals surface area contributed by atoms with E-state index in [1.807, 2.05) is 35.9 Å². The van der Waals surface area contributed by atoms with Crippen LogP contribution in [0, 0.1) is 5.92 Å². The summed E-state index contributed by atoms with van der Waals surface area (Å²) in [5, 5.41) is 2.97. The topological polar surface area (TPSA) is 56.1 Å². The molecule has 1 aliphatic rings. The minimum atomic E-state index is -0.392. The first-order valence-electron chi connectivity index (χ1n) is 8.14. The van der Waals surface area contributed by atoms with Crippen molar-refractivity contribution in [1.29, 1.82) is 0 Å². The second-order valence-electron chi connectivity index (χ2n) is 6.14. The number of nitrogens with zero attached hydrogens (tertiary/aromatic N) is 2. The lowest BCUT2D eigenvalue weighted by Crippen LogP contribution is -2.34. The van der Waals surface area contributed by atoms with Crippen LogP contribution in [0.2, 0.25) is 0 Å². The van der Waals surface area contributed by atoms with E-state index in [1.54, 1.807) is 12.5 Å². The molecule has 3 rings (SSSR count). The second-order valence-corrected chi connectivity index (χ2v) is 6.14. The van der Waals surface area contributed by atoms with Crippen molar-refractivity contribution in [2.45, 2.75) is 39.0 Å². The molecule has 1 aromatic heterocycles. The molecule has 1 atom stereocenters. The summed E-state index contributed by atoms with van der Waals surface area (Å²) in [4.78, 5) is 16.2. The van der Waals surface area contributed by atoms with Crippen molar-refractivity contribution in [3.63, 3.8) is 0 Å². The number of hydrogen-bond acceptors (Lipinski definition) is 3. The highest BCUT2D eigenvalue weighted by molar-refractivity contribution is 5.80. The molecule has 1 fully saturated rings. The maximum atomic E-state index is 12.1. The summed E-state index contributed by atoms with van der Waals surface area (Å²) in [6, 6.07) is 8.13. The highest BCUT2D eigenvalue weighted by atomic mass is 16.5. The van der Waals surface area contributed by atoms with E-state index in [-0.39, 0.29) is 5.91 Å². The smallest absolute Gasteiger partial charge is 0.249 e. The van der Waals surface area contributed by atoms with E-state index in [9.17, 15) is 4.79 Å². The molecule has 1 aliphatic carbocycles. The van der Waals surface area contributed by atoms with Crippen LogP contribution in [0.4, 0.5) is 0 Å². The summed E-state index contributed by atoms with van der Waals surface area (Å²) in [7, 11) is 0. The molecule has 2 aromatic rings. The van der Waals surface area contributed by atoms with E-state index in [4.69, 9.17) is 4.74 Å². The third-order valence-electron chi connectivity index (χ3n) is 4.13. The highest BCUT2D eigenvalue weighted by Crippen LogP contribution is 2.29. The Kier molecular flexibility index (Phi) is 5.08. The fourth-order valence-corrected chi connectivity index (χ4v) is 2.43. The van der Waals surface area contributed by atoms with Gasteiger partial charge in [0.25, 0.3) is 0 Å². The maximum Gasteiger partial charge on any atom is 0.249 e. The first-order chi connectivity index (χ1) is 11.2. The zero-order valence-electron chi connectivity index (χ0n) is 13.4. The maximum absolute atomic E-state index is 12.1. The van der Waals surface area contributed by atoms with Crippen molar-refractivity contribution in [1.82, 2.24) is 14.9 Å². The van der Waals surface area contributed by atoms with Gasteiger partial charge in [-0.2, -0.15) is 0 Å². The second kappa shape index (κ2) is 7.42. The molecule has 1 N–H and O–H groups in total. The number of carbonyl (C=O) groups is 1. The van der Waals surface area contributed by atoms with Gasteiger partial charge < -0.3 is 14.6 Å². The number of benzene rings is 1. The molecule has 0 saturated heterocycles. The van der Waals surface area contributed by atoms with Crippen molar-refractivity contribution in [3.05, 3.63) is 54.1 Å². The molecule has 1 amide bonds. The van der Waals surface area contributed by atoms with Crippen molar-refractivity contribution in [2.24, 2.45) is 5.92 Å². The predicted molar refractivity (Wildman–Crippen MR) is 87.8 cm³/mol. The number of aromatic nitrogens is 2. The fourth-order valence-electron chi connectivity index (χ4n) is 2.43. The highest BCUT2D eigenvalue weighted by Gasteiger charge is 2.24. The van der Waals surface area contributed by atoms with Crippen LogP contribution in [0.3, 0.4) is 0 Å². The van der Waals surface area contributed by atoms with E-state index in [0.717, 1.165) is 12.1 Å². The normalized spacial score (nSPS) is 15.3. The van der Waals surface area contributed by atoms with Crippen LogP contribution in [0.25, 0.3) is 0 Å². The Morgan fingerprint density at radius 1 is 1.39 bits per heavy atom. The predicted octanol–water partition coefficient (Wildman–Crippen LogP) is 2.36. The van der Waals surface area contributed by atoms with Crippen LogP contribution in [0.1, 0.15) is 30.9 Å². The number of hydrogen-bond donors (Lipinski definition) is 1. The Morgan fingerprint density at radius 2 is 2.17 bits per heavy atom. The molecule has 0 unspecified atom stereocenters. The SMILES string of the molecule is C[C@@H](OCC1CC1)C(=O)NCc1ccccc1Cn1ccnc1. The van der Waals surface area contributed by atoms with Crippen LogP contribution in [-0.2, 0) is 22.6 Å². The molecule has 0 radical (unpaired) electrons. The summed E-state index contributed by atoms with van der Waals surface area (Å²) in [5.74, 6) is 0.615. The summed E-state index contributed by atoms with van der Waals surface area (Å²) in [6.07, 6.45) is 7.57. The Balaban J connectivity index is 1.53. The van der Waals surface area contributed by atoms with E-state index < -0.39 is 6.10 Å². The van der Waals surface area contributed by atoms with E-state index in [1.165, 1.54) is 18.4 Å². The van der Waals surface area contributed by atoms with E-state index in [2.05, 4.69) is 16.4 Å². The Morgan fingerprint density at radius 3 is 2.87 bits per heavy atom. The zero-order chi connectivity index (χ0) is 16.1. The molecule has 23 heavy (non-hydrogen) atoms. The minimum Gasteiger partial charge on any atom is -0.368 e. The molecule has 1 heterocycles. The number of nitrogens with one attached hydrogen (secondary N) is 1. The Labute approximate surface area is 136 Å². The number of amides is 1. The van der Waals surface area contributed by atoms with Crippen LogP contribution < -0.4 is 5.32 Å². The van der Waals surface area contributed by atoms with E-state index in [0.29, 0.717) is 19.1 Å². The number of imidazole rings is 1. The van der Waals surface area contributed by atoms with Crippen LogP contribution >= 0.6 is 0 Å². The lowest BCUT2D eigenvalue weighted by molar-refractivity contribution is -0.132. The van der Waals surface area contributed by atoms with Gasteiger partial charge in [0.1, 0.15) is 6.10 Å². The van der Waals surface area contributed by atoms with Gasteiger partial charge in [-0.1, -0.05) is 24.3 Å². The molecule has 5 heteroatoms. The van der Waals surface area contributed by atoms with Gasteiger partial charge in [0.2, 0.25) is 5.91 Å². The van der Waals surface area contributed by atoms with Gasteiger partial charge >= 0.3 is 0 Å². The van der Waals surface area contributed by atoms with Gasteiger partial charge in [-0.05, 0) is 36.8 Å². The van der Waals surface area contributed by atoms with Crippen molar-refractivity contribution >= 4 is 5.91 Å². The van der Waals surface area contributed by atoms with Gasteiger partial charge in [0, 0.05) is 25.5 Å². The average molecular weight is 313 g/mol. The number of ether oxygens (including phenoxy) is 1. The molecule has 0 aliphatic heterocycles. The van der Waals surface area contributed by atoms with Gasteiger partial charge in [-0.15, -0.1) is 0 Å². The van der Waals surface area contributed by atoms with Gasteiger partial charge in [0.05, 0.1) is 12.9 Å². The zero-order valence-corrected chi connectivity index (χ0v) is 13.4. The standard InChI is InChI=1S/C18H23N3O2/c1-14(23-12-15-6-7-15)18(22)20-10-16-4-2-3-5-17(16)11-21-9-8-19-13-21/h2-5,8-9,13-15H,6-7,10-12H2,1H3,(H,20,22)/t14-/m1/s1. The summed E-state index contributed by atoms with van der Waals surface area (Å²) >= 11 is 0. The van der Waals surface area contributed by atoms with Crippen molar-refractivity contribution in [3.8, 4) is 0 Å². The molecule has 122 valence electrons. The van der Waals surface area contributed by atoms with Crippen LogP contribution in [-0.4, -0.2) is 28.2 Å². The van der Waals surface area contributed by atoms with Crippen LogP contribution in [0.5, 0.6) is 0 Å². The third kappa shape index (κ3) is 4.66. The average Bonchev–Trinajstić information content (AvgIpc) is 3.26. The largest absolute Gasteiger partial charge is 0.368 e. The Hall–Kier alpha value is -2.14. The fraction of sp³-hybridized carbons (Fsp3) is 0.444. The van der Waals surface area contributed by atoms with Gasteiger partial charge in [0.15, 0.2) is 0 Å². The number of carbonyl (C=O) groups excluding carboxylic acids is 1. The molecule has 0 bridgehead atoms. The molecule has 5 nitrogen and oxygen atoms in total. The quantitative estimate of drug-likeness (QED) is 0.814. The first-order valence-corrected chi connectivity index (χ1v) is 8.14. The number of rotatable bonds is 8. The first kappa shape index (κ1) is 15.7. The molecular weight excluding hydrogens is 290 g/mol. The Bertz CT molecular complexity index is 635. The monoisotopic (exact) mass is 313 g/mol. The molecule has 1 saturated carbocycles. The lowest BCUT2D eigenvalue weighted by Gasteiger charge is -2.15. The lowest BCUT2D eigenvalue weighted by atomic mass is 10.1. The van der Waals surface area contributed by atoms with Gasteiger partial charge in [-0.25, -0.2) is 4.98 Å². The third-order valence-corrected chi connectivity index (χ3v) is 4.13. The van der Waals surface area contributed by atoms with E-state index >= 15 is 0 Å². The summed E-state index contributed by atoms with van der Waals surface area (Å²) < 4.78 is 7.62. The minimum absolute atomic E-state index is 0.0527. The van der Waals surface area contributed by atoms with Crippen LogP contribution in [0.15, 0.2) is 43.0 Å². The van der Waals surface area contributed by atoms with Gasteiger partial charge in [-0.3, -0.25) is 4.79 Å². The molecule has 0 spiro atoms. The summed E-state index contributed by atoms with van der Waals surface area (Å²) in [6.45, 7) is 3.78. The molecular formula is C18H23N3O2. The molecule has 1 aromatic carbocycles. The summed E-state index contributed by atoms with van der Waals surface area (Å²) in [5.41, 5.74) is 2.29. The van der Waals surface area contributed by atoms with Crippen molar-refractivity contribution in [2.75, 3.05) is 6.61 Å².